The smallest absolute Gasteiger partial charge is 0.251 e. The van der Waals surface area contributed by atoms with E-state index in [0.29, 0.717) is 6.42 Å². The predicted octanol–water partition coefficient (Wildman–Crippen LogP) is 2.68. The minimum Gasteiger partial charge on any atom is -0.369 e. The fourth-order valence-electron chi connectivity index (χ4n) is 4.06. The van der Waals surface area contributed by atoms with Gasteiger partial charge in [-0.05, 0) is 42.3 Å². The number of piperazine rings is 1. The molecule has 1 aliphatic rings. The highest BCUT2D eigenvalue weighted by atomic mass is 16.1. The van der Waals surface area contributed by atoms with Crippen LogP contribution in [0.15, 0.2) is 47.5 Å². The first-order valence-electron chi connectivity index (χ1n) is 10.1. The van der Waals surface area contributed by atoms with Crippen molar-refractivity contribution >= 4 is 27.6 Å². The van der Waals surface area contributed by atoms with Crippen LogP contribution in [0.3, 0.4) is 0 Å². The maximum atomic E-state index is 12.1. The molecule has 29 heavy (non-hydrogen) atoms. The third kappa shape index (κ3) is 3.49. The molecule has 1 aliphatic heterocycles. The summed E-state index contributed by atoms with van der Waals surface area (Å²) in [6.45, 7) is 6.77. The summed E-state index contributed by atoms with van der Waals surface area (Å²) >= 11 is 0. The Morgan fingerprint density at radius 2 is 1.90 bits per heavy atom. The summed E-state index contributed by atoms with van der Waals surface area (Å²) in [5.41, 5.74) is 5.87. The first kappa shape index (κ1) is 17.9. The van der Waals surface area contributed by atoms with Gasteiger partial charge in [0.1, 0.15) is 0 Å². The van der Waals surface area contributed by atoms with Gasteiger partial charge < -0.3 is 9.88 Å². The van der Waals surface area contributed by atoms with Gasteiger partial charge in [0.05, 0.1) is 22.7 Å². The van der Waals surface area contributed by atoms with Crippen molar-refractivity contribution in [1.82, 2.24) is 25.1 Å². The number of nitrogens with zero attached hydrogens (tertiary/aromatic N) is 4. The number of pyridine rings is 2. The highest BCUT2D eigenvalue weighted by Gasteiger charge is 2.18. The van der Waals surface area contributed by atoms with Crippen LogP contribution in [-0.4, -0.2) is 51.2 Å². The van der Waals surface area contributed by atoms with Gasteiger partial charge in [0, 0.05) is 55.6 Å². The summed E-state index contributed by atoms with van der Waals surface area (Å²) in [6.07, 6.45) is 4.50. The van der Waals surface area contributed by atoms with Crippen LogP contribution in [0.4, 0.5) is 5.69 Å². The Hall–Kier alpha value is -3.19. The number of aromatic nitrogens is 4. The monoisotopic (exact) mass is 388 g/mol. The van der Waals surface area contributed by atoms with E-state index in [1.807, 2.05) is 25.4 Å². The number of rotatable bonds is 4. The Kier molecular flexibility index (Phi) is 4.52. The number of hydrogen-bond acceptors (Lipinski definition) is 5. The van der Waals surface area contributed by atoms with E-state index in [-0.39, 0.29) is 5.56 Å². The lowest BCUT2D eigenvalue weighted by molar-refractivity contribution is 0.250. The Labute approximate surface area is 168 Å². The van der Waals surface area contributed by atoms with E-state index in [4.69, 9.17) is 0 Å². The molecule has 2 N–H and O–H groups in total. The maximum Gasteiger partial charge on any atom is 0.251 e. The quantitative estimate of drug-likeness (QED) is 0.562. The van der Waals surface area contributed by atoms with Gasteiger partial charge in [-0.25, -0.2) is 0 Å². The van der Waals surface area contributed by atoms with Gasteiger partial charge in [0.25, 0.3) is 5.56 Å². The lowest BCUT2D eigenvalue weighted by Gasteiger charge is -2.36. The molecule has 0 amide bonds. The van der Waals surface area contributed by atoms with Gasteiger partial charge in [-0.1, -0.05) is 6.92 Å². The zero-order valence-corrected chi connectivity index (χ0v) is 16.5. The molecule has 1 fully saturated rings. The number of hydrogen-bond donors (Lipinski definition) is 2. The second-order valence-corrected chi connectivity index (χ2v) is 7.66. The van der Waals surface area contributed by atoms with Crippen molar-refractivity contribution in [3.8, 4) is 0 Å². The van der Waals surface area contributed by atoms with Crippen molar-refractivity contribution in [2.75, 3.05) is 31.1 Å². The molecule has 0 atom stereocenters. The highest BCUT2D eigenvalue weighted by molar-refractivity contribution is 5.81. The fraction of sp³-hybridized carbons (Fsp3) is 0.318. The van der Waals surface area contributed by atoms with Gasteiger partial charge in [0.15, 0.2) is 0 Å². The molecule has 1 saturated heterocycles. The normalized spacial score (nSPS) is 15.4. The van der Waals surface area contributed by atoms with Gasteiger partial charge >= 0.3 is 0 Å². The molecule has 0 saturated carbocycles. The molecule has 0 unspecified atom stereocenters. The minimum atomic E-state index is -0.0122. The lowest BCUT2D eigenvalue weighted by atomic mass is 10.1. The SMILES string of the molecule is CCc1cc2ncc(CN3CCN(c4ccc5cn[nH]c5c4)CC3)cc2[nH]c1=O. The molecular weight excluding hydrogens is 364 g/mol. The van der Waals surface area contributed by atoms with Crippen molar-refractivity contribution in [2.45, 2.75) is 19.9 Å². The van der Waals surface area contributed by atoms with Crippen LogP contribution >= 0.6 is 0 Å². The number of aryl methyl sites for hydroxylation is 1. The molecule has 7 heteroatoms. The molecule has 0 spiro atoms. The third-order valence-electron chi connectivity index (χ3n) is 5.78. The van der Waals surface area contributed by atoms with Crippen LogP contribution in [0.25, 0.3) is 21.9 Å². The number of benzene rings is 1. The predicted molar refractivity (Wildman–Crippen MR) is 115 cm³/mol. The van der Waals surface area contributed by atoms with Crippen LogP contribution in [0, 0.1) is 0 Å². The summed E-state index contributed by atoms with van der Waals surface area (Å²) in [7, 11) is 0. The summed E-state index contributed by atoms with van der Waals surface area (Å²) in [4.78, 5) is 24.5. The first-order valence-corrected chi connectivity index (χ1v) is 10.1. The van der Waals surface area contributed by atoms with E-state index in [0.717, 1.165) is 65.8 Å². The summed E-state index contributed by atoms with van der Waals surface area (Å²) in [6, 6.07) is 10.4. The zero-order valence-electron chi connectivity index (χ0n) is 16.5. The molecule has 7 nitrogen and oxygen atoms in total. The highest BCUT2D eigenvalue weighted by Crippen LogP contribution is 2.22. The number of fused-ring (bicyclic) bond motifs is 2. The average Bonchev–Trinajstić information content (AvgIpc) is 3.21. The Bertz CT molecular complexity index is 1220. The van der Waals surface area contributed by atoms with Crippen molar-refractivity contribution in [1.29, 1.82) is 0 Å². The van der Waals surface area contributed by atoms with E-state index in [9.17, 15) is 4.79 Å². The van der Waals surface area contributed by atoms with Crippen LogP contribution < -0.4 is 10.5 Å². The number of anilines is 1. The fourth-order valence-corrected chi connectivity index (χ4v) is 4.06. The molecule has 0 bridgehead atoms. The minimum absolute atomic E-state index is 0.0122. The van der Waals surface area contributed by atoms with Crippen LogP contribution in [0.1, 0.15) is 18.1 Å². The second kappa shape index (κ2) is 7.33. The Morgan fingerprint density at radius 3 is 2.72 bits per heavy atom. The van der Waals surface area contributed by atoms with Crippen molar-refractivity contribution in [3.63, 3.8) is 0 Å². The van der Waals surface area contributed by atoms with E-state index in [1.54, 1.807) is 0 Å². The molecule has 3 aromatic heterocycles. The average molecular weight is 388 g/mol. The van der Waals surface area contributed by atoms with Crippen LogP contribution in [-0.2, 0) is 13.0 Å². The van der Waals surface area contributed by atoms with Crippen molar-refractivity contribution < 1.29 is 0 Å². The molecule has 4 heterocycles. The number of H-pyrrole nitrogens is 2. The summed E-state index contributed by atoms with van der Waals surface area (Å²) < 4.78 is 0. The topological polar surface area (TPSA) is 80.9 Å². The number of aromatic amines is 2. The lowest BCUT2D eigenvalue weighted by Crippen LogP contribution is -2.45. The van der Waals surface area contributed by atoms with Crippen LogP contribution in [0.2, 0.25) is 0 Å². The number of nitrogens with one attached hydrogen (secondary N) is 2. The Morgan fingerprint density at radius 1 is 1.03 bits per heavy atom. The van der Waals surface area contributed by atoms with Gasteiger partial charge in [0.2, 0.25) is 0 Å². The summed E-state index contributed by atoms with van der Waals surface area (Å²) in [5.74, 6) is 0. The standard InChI is InChI=1S/C22H24N6O/c1-2-16-10-20-21(25-22(16)29)9-15(12-23-20)14-27-5-7-28(8-6-27)18-4-3-17-13-24-26-19(17)11-18/h3-4,9-13H,2,5-8,14H2,1H3,(H,24,26)(H,25,29). The van der Waals surface area contributed by atoms with E-state index in [2.05, 4.69) is 54.2 Å². The van der Waals surface area contributed by atoms with E-state index < -0.39 is 0 Å². The first-order chi connectivity index (χ1) is 14.2. The van der Waals surface area contributed by atoms with E-state index >= 15 is 0 Å². The molecule has 0 aliphatic carbocycles. The Balaban J connectivity index is 1.27. The van der Waals surface area contributed by atoms with E-state index in [1.165, 1.54) is 5.69 Å². The molecule has 4 aromatic rings. The summed E-state index contributed by atoms with van der Waals surface area (Å²) in [5, 5.41) is 8.29. The van der Waals surface area contributed by atoms with Gasteiger partial charge in [-0.3, -0.25) is 19.8 Å². The largest absolute Gasteiger partial charge is 0.369 e. The van der Waals surface area contributed by atoms with Crippen LogP contribution in [0.5, 0.6) is 0 Å². The zero-order chi connectivity index (χ0) is 19.8. The second-order valence-electron chi connectivity index (χ2n) is 7.66. The maximum absolute atomic E-state index is 12.1. The van der Waals surface area contributed by atoms with Gasteiger partial charge in [-0.15, -0.1) is 0 Å². The molecule has 1 aromatic carbocycles. The van der Waals surface area contributed by atoms with Crippen molar-refractivity contribution in [3.05, 3.63) is 64.2 Å². The molecule has 5 rings (SSSR count). The van der Waals surface area contributed by atoms with Gasteiger partial charge in [-0.2, -0.15) is 5.10 Å². The van der Waals surface area contributed by atoms with Crippen molar-refractivity contribution in [2.24, 2.45) is 0 Å². The third-order valence-corrected chi connectivity index (χ3v) is 5.78. The molecule has 0 radical (unpaired) electrons. The molecular formula is C22H24N6O. The molecule has 148 valence electrons.